The van der Waals surface area contributed by atoms with E-state index in [9.17, 15) is 0 Å². The molecule has 2 aliphatic rings. The summed E-state index contributed by atoms with van der Waals surface area (Å²) in [4.78, 5) is 0. The van der Waals surface area contributed by atoms with Crippen molar-refractivity contribution in [2.75, 3.05) is 0 Å². The summed E-state index contributed by atoms with van der Waals surface area (Å²) in [6.07, 6.45) is 5.05. The Labute approximate surface area is 200 Å². The van der Waals surface area contributed by atoms with Crippen LogP contribution in [-0.2, 0) is 16.3 Å². The quantitative estimate of drug-likeness (QED) is 0.293. The van der Waals surface area contributed by atoms with E-state index in [-0.39, 0.29) is 0 Å². The number of hydrogen-bond acceptors (Lipinski definition) is 0. The average molecular weight is 568 g/mol. The Morgan fingerprint density at radius 2 is 1.06 bits per heavy atom. The first-order valence-corrected chi connectivity index (χ1v) is 34.1. The van der Waals surface area contributed by atoms with Crippen molar-refractivity contribution < 1.29 is 16.3 Å². The molecule has 32 heavy (non-hydrogen) atoms. The van der Waals surface area contributed by atoms with Gasteiger partial charge in [0.1, 0.15) is 0 Å². The average Bonchev–Trinajstić information content (AvgIpc) is 3.22. The fourth-order valence-electron chi connectivity index (χ4n) is 7.45. The topological polar surface area (TPSA) is 0 Å². The normalized spacial score (nSPS) is 21.7. The van der Waals surface area contributed by atoms with Crippen LogP contribution in [0.3, 0.4) is 0 Å². The van der Waals surface area contributed by atoms with Gasteiger partial charge in [-0.1, -0.05) is 0 Å². The van der Waals surface area contributed by atoms with Crippen LogP contribution >= 0.6 is 0 Å². The fraction of sp³-hybridized carbons (Fsp3) is 0.467. The number of benzene rings is 2. The van der Waals surface area contributed by atoms with Crippen LogP contribution in [0.5, 0.6) is 0 Å². The number of hydrogen-bond donors (Lipinski definition) is 0. The molecule has 0 spiro atoms. The van der Waals surface area contributed by atoms with Crippen LogP contribution in [0.25, 0.3) is 11.1 Å². The number of allylic oxidation sites excluding steroid dienone is 4. The van der Waals surface area contributed by atoms with Crippen LogP contribution in [0.4, 0.5) is 0 Å². The van der Waals surface area contributed by atoms with Crippen molar-refractivity contribution in [2.45, 2.75) is 81.4 Å². The second kappa shape index (κ2) is 8.85. The number of fused-ring (bicyclic) bond motifs is 2. The molecule has 0 nitrogen and oxygen atoms in total. The third kappa shape index (κ3) is 3.39. The maximum absolute atomic E-state index is 3.41. The molecule has 0 saturated heterocycles. The van der Waals surface area contributed by atoms with Crippen molar-refractivity contribution in [1.82, 2.24) is 0 Å². The summed E-state index contributed by atoms with van der Waals surface area (Å²) in [6, 6.07) is 19.0. The first-order chi connectivity index (χ1) is 15.2. The second-order valence-corrected chi connectivity index (χ2v) is 70.2. The summed E-state index contributed by atoms with van der Waals surface area (Å²) >= 11 is -3.41. The van der Waals surface area contributed by atoms with Gasteiger partial charge in [0, 0.05) is 0 Å². The van der Waals surface area contributed by atoms with Gasteiger partial charge in [-0.25, -0.2) is 0 Å². The molecule has 0 saturated carbocycles. The summed E-state index contributed by atoms with van der Waals surface area (Å²) in [5.74, 6) is 5.52. The van der Waals surface area contributed by atoms with Gasteiger partial charge < -0.3 is 0 Å². The molecular formula is C30H43GeZr. The Bertz CT molecular complexity index is 1020. The van der Waals surface area contributed by atoms with Gasteiger partial charge >= 0.3 is 201 Å². The van der Waals surface area contributed by atoms with Crippen LogP contribution in [0, 0.1) is 0 Å². The molecule has 4 rings (SSSR count). The Hall–Kier alpha value is -0.654. The zero-order chi connectivity index (χ0) is 23.3. The molecule has 0 aliphatic heterocycles. The molecule has 0 N–H and O–H groups in total. The second-order valence-electron chi connectivity index (χ2n) is 11.7. The van der Waals surface area contributed by atoms with E-state index in [1.54, 1.807) is 33.4 Å². The van der Waals surface area contributed by atoms with E-state index in [1.165, 1.54) is 25.7 Å². The zero-order valence-corrected chi connectivity index (χ0v) is 26.6. The van der Waals surface area contributed by atoms with E-state index in [2.05, 4.69) is 97.0 Å². The molecular weight excluding hydrogens is 524 g/mol. The molecule has 0 bridgehead atoms. The molecule has 2 heteroatoms. The van der Waals surface area contributed by atoms with E-state index < -0.39 is 26.8 Å². The summed E-state index contributed by atoms with van der Waals surface area (Å²) < 4.78 is 7.31. The third-order valence-corrected chi connectivity index (χ3v) is 84.3. The standard InChI is InChI=1S/2C13H15.C2H7Ge.2CH3.Zr/c2*1-3-6-11-9-12-7-4-5-8-13(12)10(11)2;1-3-2;;;/h2*4-5,7-9H,3,6H2,1-2H3;3H,1-2H3;2*1H3;. The van der Waals surface area contributed by atoms with E-state index in [0.29, 0.717) is 0 Å². The van der Waals surface area contributed by atoms with Crippen LogP contribution in [0.15, 0.2) is 59.7 Å². The Morgan fingerprint density at radius 3 is 1.41 bits per heavy atom. The predicted octanol–water partition coefficient (Wildman–Crippen LogP) is 9.41. The molecule has 2 aliphatic carbocycles. The van der Waals surface area contributed by atoms with Crippen molar-refractivity contribution >= 4 is 21.7 Å². The SMILES string of the molecule is CCCC1=C(C)c2ccccc2[CH]1[Zr]([CH3])([CH3])([CH]1C(CCC)=C(C)c2ccccc21)[GeH]([CH3])[CH3]. The summed E-state index contributed by atoms with van der Waals surface area (Å²) in [7, 11) is -1.58. The molecule has 0 fully saturated rings. The molecule has 2 aromatic carbocycles. The molecule has 171 valence electrons. The molecule has 2 atom stereocenters. The van der Waals surface area contributed by atoms with Crippen LogP contribution in [-0.4, -0.2) is 10.6 Å². The molecule has 0 heterocycles. The minimum absolute atomic E-state index is 0.725. The van der Waals surface area contributed by atoms with E-state index >= 15 is 0 Å². The van der Waals surface area contributed by atoms with Gasteiger partial charge in [0.2, 0.25) is 0 Å². The van der Waals surface area contributed by atoms with Gasteiger partial charge in [-0.05, 0) is 0 Å². The first kappa shape index (κ1) is 24.5. The Morgan fingerprint density at radius 1 is 0.688 bits per heavy atom. The van der Waals surface area contributed by atoms with Crippen LogP contribution in [0.2, 0.25) is 20.8 Å². The summed E-state index contributed by atoms with van der Waals surface area (Å²) in [6.45, 7) is 9.63. The van der Waals surface area contributed by atoms with Gasteiger partial charge in [0.25, 0.3) is 0 Å². The van der Waals surface area contributed by atoms with Crippen molar-refractivity contribution in [2.24, 2.45) is 0 Å². The van der Waals surface area contributed by atoms with E-state index in [0.717, 1.165) is 7.25 Å². The van der Waals surface area contributed by atoms with Gasteiger partial charge in [0.15, 0.2) is 0 Å². The van der Waals surface area contributed by atoms with Gasteiger partial charge in [-0.2, -0.15) is 0 Å². The van der Waals surface area contributed by atoms with Crippen molar-refractivity contribution in [3.8, 4) is 0 Å². The predicted molar refractivity (Wildman–Crippen MR) is 144 cm³/mol. The summed E-state index contributed by atoms with van der Waals surface area (Å²) in [5, 5.41) is 0. The van der Waals surface area contributed by atoms with Crippen LogP contribution < -0.4 is 0 Å². The first-order valence-electron chi connectivity index (χ1n) is 13.0. The third-order valence-electron chi connectivity index (χ3n) is 9.69. The summed E-state index contributed by atoms with van der Waals surface area (Å²) in [5.41, 5.74) is 13.4. The number of rotatable bonds is 7. The fourth-order valence-corrected chi connectivity index (χ4v) is 50.8. The van der Waals surface area contributed by atoms with Crippen molar-refractivity contribution in [1.29, 1.82) is 0 Å². The van der Waals surface area contributed by atoms with E-state index in [1.807, 2.05) is 11.1 Å². The van der Waals surface area contributed by atoms with Crippen molar-refractivity contribution in [3.63, 3.8) is 0 Å². The van der Waals surface area contributed by atoms with Gasteiger partial charge in [0.05, 0.1) is 0 Å². The monoisotopic (exact) mass is 567 g/mol. The molecule has 2 aromatic rings. The minimum atomic E-state index is -3.41. The Balaban J connectivity index is 2.06. The molecule has 0 aromatic heterocycles. The van der Waals surface area contributed by atoms with E-state index in [4.69, 9.17) is 0 Å². The molecule has 2 unspecified atom stereocenters. The van der Waals surface area contributed by atoms with Gasteiger partial charge in [-0.3, -0.25) is 0 Å². The molecule has 0 radical (unpaired) electrons. The zero-order valence-electron chi connectivity index (χ0n) is 21.7. The molecule has 0 amide bonds. The maximum atomic E-state index is 2.93. The van der Waals surface area contributed by atoms with Gasteiger partial charge in [-0.15, -0.1) is 0 Å². The van der Waals surface area contributed by atoms with Crippen LogP contribution in [0.1, 0.15) is 82.9 Å². The van der Waals surface area contributed by atoms with Crippen molar-refractivity contribution in [3.05, 3.63) is 81.9 Å². The Kier molecular flexibility index (Phi) is 6.77.